The summed E-state index contributed by atoms with van der Waals surface area (Å²) in [5.41, 5.74) is 1.80. The van der Waals surface area contributed by atoms with Gasteiger partial charge >= 0.3 is 0 Å². The molecule has 6 nitrogen and oxygen atoms in total. The zero-order valence-electron chi connectivity index (χ0n) is 13.2. The summed E-state index contributed by atoms with van der Waals surface area (Å²) in [7, 11) is 0.243. The van der Waals surface area contributed by atoms with E-state index in [2.05, 4.69) is 15.5 Å². The fourth-order valence-electron chi connectivity index (χ4n) is 2.04. The van der Waals surface area contributed by atoms with Gasteiger partial charge in [0.05, 0.1) is 0 Å². The summed E-state index contributed by atoms with van der Waals surface area (Å²) in [5.74, 6) is 0.487. The largest absolute Gasteiger partial charge is 0.325 e. The molecule has 0 spiro atoms. The van der Waals surface area contributed by atoms with Gasteiger partial charge in [0.25, 0.3) is 0 Å². The second kappa shape index (κ2) is 6.83. The summed E-state index contributed by atoms with van der Waals surface area (Å²) >= 11 is 0. The Bertz CT molecular complexity index is 692. The van der Waals surface area contributed by atoms with Gasteiger partial charge in [-0.2, -0.15) is 0 Å². The van der Waals surface area contributed by atoms with E-state index in [1.54, 1.807) is 11.6 Å². The van der Waals surface area contributed by atoms with Crippen LogP contribution in [0.3, 0.4) is 0 Å². The number of nitrogens with one attached hydrogen (secondary N) is 1. The van der Waals surface area contributed by atoms with Crippen molar-refractivity contribution in [3.8, 4) is 0 Å². The van der Waals surface area contributed by atoms with E-state index in [0.717, 1.165) is 11.4 Å². The van der Waals surface area contributed by atoms with Crippen LogP contribution in [0, 0.1) is 6.92 Å². The molecular weight excluding hydrogens is 300 g/mol. The van der Waals surface area contributed by atoms with Crippen molar-refractivity contribution in [2.24, 2.45) is 7.05 Å². The quantitative estimate of drug-likeness (QED) is 0.914. The Hall–Kier alpha value is -2.02. The van der Waals surface area contributed by atoms with Crippen LogP contribution >= 0.6 is 0 Å². The molecule has 1 N–H and O–H groups in total. The summed E-state index contributed by atoms with van der Waals surface area (Å²) in [5, 5.41) is 11.0. The predicted molar refractivity (Wildman–Crippen MR) is 86.2 cm³/mol. The van der Waals surface area contributed by atoms with E-state index in [9.17, 15) is 9.00 Å². The molecule has 1 aromatic carbocycles. The molecule has 0 fully saturated rings. The van der Waals surface area contributed by atoms with Gasteiger partial charge in [0, 0.05) is 18.7 Å². The second-order valence-electron chi connectivity index (χ2n) is 5.46. The van der Waals surface area contributed by atoms with E-state index in [1.165, 1.54) is 0 Å². The Balaban J connectivity index is 2.02. The number of hydrogen-bond acceptors (Lipinski definition) is 4. The highest BCUT2D eigenvalue weighted by Crippen LogP contribution is 2.14. The summed E-state index contributed by atoms with van der Waals surface area (Å²) in [6, 6.07) is 7.44. The maximum absolute atomic E-state index is 12.3. The zero-order valence-corrected chi connectivity index (χ0v) is 14.0. The molecule has 7 heteroatoms. The lowest BCUT2D eigenvalue weighted by atomic mass is 10.2. The summed E-state index contributed by atoms with van der Waals surface area (Å²) in [4.78, 5) is 12.0. The van der Waals surface area contributed by atoms with Crippen molar-refractivity contribution in [2.45, 2.75) is 31.8 Å². The SMILES string of the molecule is Cc1ccc(NC(=O)C[S@@](=O)c2nnc(C(C)C)n2C)cc1. The monoisotopic (exact) mass is 320 g/mol. The van der Waals surface area contributed by atoms with Crippen molar-refractivity contribution >= 4 is 22.4 Å². The number of carbonyl (C=O) groups excluding carboxylic acids is 1. The molecule has 0 radical (unpaired) electrons. The number of rotatable bonds is 5. The third-order valence-corrected chi connectivity index (χ3v) is 4.47. The first kappa shape index (κ1) is 16.4. The highest BCUT2D eigenvalue weighted by Gasteiger charge is 2.19. The minimum Gasteiger partial charge on any atom is -0.325 e. The topological polar surface area (TPSA) is 76.9 Å². The molecular formula is C15H20N4O2S. The molecule has 0 aliphatic carbocycles. The first-order valence-electron chi connectivity index (χ1n) is 7.02. The molecule has 2 rings (SSSR count). The van der Waals surface area contributed by atoms with Crippen LogP contribution in [0.15, 0.2) is 29.4 Å². The summed E-state index contributed by atoms with van der Waals surface area (Å²) in [6.45, 7) is 5.95. The number of benzene rings is 1. The van der Waals surface area contributed by atoms with Gasteiger partial charge in [-0.1, -0.05) is 31.5 Å². The highest BCUT2D eigenvalue weighted by atomic mass is 32.2. The van der Waals surface area contributed by atoms with Crippen LogP contribution in [0.1, 0.15) is 31.2 Å². The summed E-state index contributed by atoms with van der Waals surface area (Å²) in [6.07, 6.45) is 0. The normalized spacial score (nSPS) is 12.4. The lowest BCUT2D eigenvalue weighted by molar-refractivity contribution is -0.113. The Morgan fingerprint density at radius 2 is 1.91 bits per heavy atom. The Morgan fingerprint density at radius 1 is 1.27 bits per heavy atom. The van der Waals surface area contributed by atoms with E-state index in [-0.39, 0.29) is 17.6 Å². The van der Waals surface area contributed by atoms with Crippen molar-refractivity contribution in [3.63, 3.8) is 0 Å². The van der Waals surface area contributed by atoms with Gasteiger partial charge < -0.3 is 9.88 Å². The second-order valence-corrected chi connectivity index (χ2v) is 6.80. The maximum atomic E-state index is 12.3. The molecule has 1 atom stereocenters. The zero-order chi connectivity index (χ0) is 16.3. The first-order chi connectivity index (χ1) is 10.4. The number of aromatic nitrogens is 3. The predicted octanol–water partition coefficient (Wildman–Crippen LogP) is 1.99. The van der Waals surface area contributed by atoms with Crippen molar-refractivity contribution in [1.29, 1.82) is 0 Å². The third-order valence-electron chi connectivity index (χ3n) is 3.19. The van der Waals surface area contributed by atoms with E-state index in [0.29, 0.717) is 10.8 Å². The molecule has 0 aliphatic heterocycles. The van der Waals surface area contributed by atoms with E-state index in [4.69, 9.17) is 0 Å². The van der Waals surface area contributed by atoms with Crippen LogP contribution in [0.5, 0.6) is 0 Å². The van der Waals surface area contributed by atoms with Crippen LogP contribution in [-0.4, -0.2) is 30.6 Å². The van der Waals surface area contributed by atoms with Gasteiger partial charge in [0.15, 0.2) is 0 Å². The molecule has 118 valence electrons. The molecule has 0 bridgehead atoms. The number of anilines is 1. The van der Waals surface area contributed by atoms with Gasteiger partial charge in [-0.3, -0.25) is 9.00 Å². The standard InChI is InChI=1S/C15H20N4O2S/c1-10(2)14-17-18-15(19(14)4)22(21)9-13(20)16-12-7-5-11(3)6-8-12/h5-8,10H,9H2,1-4H3,(H,16,20)/t22-/m1/s1. The van der Waals surface area contributed by atoms with Crippen molar-refractivity contribution < 1.29 is 9.00 Å². The van der Waals surface area contributed by atoms with Crippen molar-refractivity contribution in [2.75, 3.05) is 11.1 Å². The Kier molecular flexibility index (Phi) is 5.07. The van der Waals surface area contributed by atoms with Crippen molar-refractivity contribution in [1.82, 2.24) is 14.8 Å². The number of nitrogens with zero attached hydrogens (tertiary/aromatic N) is 3. The van der Waals surface area contributed by atoms with E-state index in [1.807, 2.05) is 45.0 Å². The van der Waals surface area contributed by atoms with E-state index >= 15 is 0 Å². The molecule has 22 heavy (non-hydrogen) atoms. The third kappa shape index (κ3) is 3.79. The average Bonchev–Trinajstić information content (AvgIpc) is 2.83. The lowest BCUT2D eigenvalue weighted by Crippen LogP contribution is -2.21. The average molecular weight is 320 g/mol. The maximum Gasteiger partial charge on any atom is 0.237 e. The minimum absolute atomic E-state index is 0.141. The van der Waals surface area contributed by atoms with Crippen LogP contribution < -0.4 is 5.32 Å². The molecule has 0 saturated carbocycles. The molecule has 0 saturated heterocycles. The smallest absolute Gasteiger partial charge is 0.237 e. The van der Waals surface area contributed by atoms with Crippen LogP contribution in [0.4, 0.5) is 5.69 Å². The number of carbonyl (C=O) groups is 1. The fourth-order valence-corrected chi connectivity index (χ4v) is 3.02. The molecule has 0 aliphatic rings. The Labute approximate surface area is 132 Å². The van der Waals surface area contributed by atoms with Crippen LogP contribution in [0.25, 0.3) is 0 Å². The summed E-state index contributed by atoms with van der Waals surface area (Å²) < 4.78 is 14.0. The Morgan fingerprint density at radius 3 is 2.45 bits per heavy atom. The first-order valence-corrected chi connectivity index (χ1v) is 8.34. The van der Waals surface area contributed by atoms with Crippen LogP contribution in [-0.2, 0) is 22.6 Å². The number of hydrogen-bond donors (Lipinski definition) is 1. The van der Waals surface area contributed by atoms with Gasteiger partial charge in [-0.05, 0) is 19.1 Å². The van der Waals surface area contributed by atoms with Crippen molar-refractivity contribution in [3.05, 3.63) is 35.7 Å². The van der Waals surface area contributed by atoms with Gasteiger partial charge in [0.2, 0.25) is 11.1 Å². The van der Waals surface area contributed by atoms with Gasteiger partial charge in [-0.15, -0.1) is 10.2 Å². The minimum atomic E-state index is -1.52. The number of aryl methyl sites for hydroxylation is 1. The number of amides is 1. The van der Waals surface area contributed by atoms with Gasteiger partial charge in [-0.25, -0.2) is 0 Å². The van der Waals surface area contributed by atoms with Crippen LogP contribution in [0.2, 0.25) is 0 Å². The molecule has 2 aromatic rings. The molecule has 1 amide bonds. The molecule has 1 heterocycles. The lowest BCUT2D eigenvalue weighted by Gasteiger charge is -2.07. The fraction of sp³-hybridized carbons (Fsp3) is 0.400. The van der Waals surface area contributed by atoms with E-state index < -0.39 is 10.8 Å². The van der Waals surface area contributed by atoms with Gasteiger partial charge in [0.1, 0.15) is 22.4 Å². The molecule has 0 unspecified atom stereocenters. The highest BCUT2D eigenvalue weighted by molar-refractivity contribution is 7.85. The molecule has 1 aromatic heterocycles.